The molecule has 3 rings (SSSR count). The highest BCUT2D eigenvalue weighted by molar-refractivity contribution is 7.98. The summed E-state index contributed by atoms with van der Waals surface area (Å²) in [4.78, 5) is 13.0. The number of sulfonamides is 1. The predicted molar refractivity (Wildman–Crippen MR) is 146 cm³/mol. The molecule has 36 heavy (non-hydrogen) atoms. The first kappa shape index (κ1) is 27.4. The van der Waals surface area contributed by atoms with E-state index >= 15 is 0 Å². The standard InChI is InChI=1S/C27H32N2O5S2/c1-20-9-12-24(13-10-20)36(31,32)29(25-14-11-23(33-3)17-26(25)34-4)18-27(30)28-15-16-35-19-22-8-6-5-7-21(22)2/h5-14,17H,15-16,18-19H2,1-4H3,(H,28,30). The van der Waals surface area contributed by atoms with Crippen molar-refractivity contribution in [3.8, 4) is 11.5 Å². The molecule has 0 aliphatic heterocycles. The summed E-state index contributed by atoms with van der Waals surface area (Å²) in [7, 11) is -1.09. The molecule has 0 aromatic heterocycles. The van der Waals surface area contributed by atoms with Gasteiger partial charge in [0.1, 0.15) is 18.0 Å². The molecule has 0 aliphatic rings. The Labute approximate surface area is 217 Å². The zero-order valence-corrected chi connectivity index (χ0v) is 22.6. The van der Waals surface area contributed by atoms with Crippen LogP contribution >= 0.6 is 11.8 Å². The SMILES string of the molecule is COc1ccc(N(CC(=O)NCCSCc2ccccc2C)S(=O)(=O)c2ccc(C)cc2)c(OC)c1. The number of nitrogens with zero attached hydrogens (tertiary/aromatic N) is 1. The minimum atomic E-state index is -4.05. The number of benzene rings is 3. The summed E-state index contributed by atoms with van der Waals surface area (Å²) in [6.45, 7) is 3.99. The van der Waals surface area contributed by atoms with Gasteiger partial charge in [-0.2, -0.15) is 11.8 Å². The van der Waals surface area contributed by atoms with Crippen LogP contribution in [0.4, 0.5) is 5.69 Å². The average Bonchev–Trinajstić information content (AvgIpc) is 2.88. The number of hydrogen-bond donors (Lipinski definition) is 1. The van der Waals surface area contributed by atoms with Crippen molar-refractivity contribution in [2.45, 2.75) is 24.5 Å². The van der Waals surface area contributed by atoms with Crippen LogP contribution in [0.25, 0.3) is 0 Å². The lowest BCUT2D eigenvalue weighted by Gasteiger charge is -2.26. The number of amides is 1. The number of nitrogens with one attached hydrogen (secondary N) is 1. The number of hydrogen-bond acceptors (Lipinski definition) is 6. The molecule has 0 unspecified atom stereocenters. The van der Waals surface area contributed by atoms with Crippen LogP contribution in [-0.4, -0.2) is 47.4 Å². The van der Waals surface area contributed by atoms with Crippen molar-refractivity contribution in [2.24, 2.45) is 0 Å². The number of thioether (sulfide) groups is 1. The van der Waals surface area contributed by atoms with Crippen molar-refractivity contribution in [2.75, 3.05) is 37.4 Å². The van der Waals surface area contributed by atoms with Crippen molar-refractivity contribution in [1.82, 2.24) is 5.32 Å². The molecule has 3 aromatic carbocycles. The van der Waals surface area contributed by atoms with Crippen LogP contribution in [0.1, 0.15) is 16.7 Å². The molecule has 0 atom stereocenters. The minimum absolute atomic E-state index is 0.0903. The van der Waals surface area contributed by atoms with E-state index in [2.05, 4.69) is 24.4 Å². The molecule has 0 heterocycles. The highest BCUT2D eigenvalue weighted by Crippen LogP contribution is 2.35. The monoisotopic (exact) mass is 528 g/mol. The van der Waals surface area contributed by atoms with Crippen molar-refractivity contribution in [1.29, 1.82) is 0 Å². The molecule has 0 bridgehead atoms. The Hall–Kier alpha value is -3.17. The Morgan fingerprint density at radius 3 is 2.36 bits per heavy atom. The topological polar surface area (TPSA) is 84.9 Å². The summed E-state index contributed by atoms with van der Waals surface area (Å²) in [5.74, 6) is 1.95. The number of anilines is 1. The van der Waals surface area contributed by atoms with E-state index in [-0.39, 0.29) is 22.9 Å². The van der Waals surface area contributed by atoms with Gasteiger partial charge in [0.05, 0.1) is 24.8 Å². The zero-order chi connectivity index (χ0) is 26.1. The molecule has 9 heteroatoms. The van der Waals surface area contributed by atoms with Crippen LogP contribution in [-0.2, 0) is 20.6 Å². The summed E-state index contributed by atoms with van der Waals surface area (Å²) in [5, 5.41) is 2.85. The van der Waals surface area contributed by atoms with Crippen molar-refractivity contribution < 1.29 is 22.7 Å². The Morgan fingerprint density at radius 2 is 1.69 bits per heavy atom. The van der Waals surface area contributed by atoms with Gasteiger partial charge in [0, 0.05) is 24.1 Å². The zero-order valence-electron chi connectivity index (χ0n) is 21.0. The maximum atomic E-state index is 13.6. The van der Waals surface area contributed by atoms with Crippen LogP contribution in [0.3, 0.4) is 0 Å². The fourth-order valence-corrected chi connectivity index (χ4v) is 5.90. The van der Waals surface area contributed by atoms with E-state index in [1.54, 1.807) is 42.1 Å². The quantitative estimate of drug-likeness (QED) is 0.347. The largest absolute Gasteiger partial charge is 0.497 e. The summed E-state index contributed by atoms with van der Waals surface area (Å²) in [6.07, 6.45) is 0. The molecule has 3 aromatic rings. The number of aryl methyl sites for hydroxylation is 2. The molecule has 1 N–H and O–H groups in total. The van der Waals surface area contributed by atoms with Gasteiger partial charge in [-0.3, -0.25) is 9.10 Å². The first-order valence-electron chi connectivity index (χ1n) is 11.5. The van der Waals surface area contributed by atoms with Gasteiger partial charge in [0.25, 0.3) is 10.0 Å². The van der Waals surface area contributed by atoms with Gasteiger partial charge in [0.15, 0.2) is 0 Å². The first-order chi connectivity index (χ1) is 17.3. The highest BCUT2D eigenvalue weighted by Gasteiger charge is 2.29. The minimum Gasteiger partial charge on any atom is -0.497 e. The van der Waals surface area contributed by atoms with Crippen LogP contribution in [0.5, 0.6) is 11.5 Å². The third-order valence-electron chi connectivity index (χ3n) is 5.64. The normalized spacial score (nSPS) is 11.1. The third-order valence-corrected chi connectivity index (χ3v) is 8.42. The fraction of sp³-hybridized carbons (Fsp3) is 0.296. The van der Waals surface area contributed by atoms with Crippen molar-refractivity contribution >= 4 is 33.4 Å². The lowest BCUT2D eigenvalue weighted by molar-refractivity contribution is -0.119. The molecular weight excluding hydrogens is 496 g/mol. The molecule has 0 saturated carbocycles. The van der Waals surface area contributed by atoms with E-state index in [0.29, 0.717) is 18.0 Å². The second-order valence-electron chi connectivity index (χ2n) is 8.19. The summed E-state index contributed by atoms with van der Waals surface area (Å²) < 4.78 is 39.0. The van der Waals surface area contributed by atoms with E-state index in [4.69, 9.17) is 9.47 Å². The second kappa shape index (κ2) is 12.7. The maximum absolute atomic E-state index is 13.6. The average molecular weight is 529 g/mol. The lowest BCUT2D eigenvalue weighted by atomic mass is 10.1. The molecule has 7 nitrogen and oxygen atoms in total. The van der Waals surface area contributed by atoms with E-state index < -0.39 is 15.9 Å². The van der Waals surface area contributed by atoms with Gasteiger partial charge in [-0.05, 0) is 49.2 Å². The number of carbonyl (C=O) groups excluding carboxylic acids is 1. The predicted octanol–water partition coefficient (Wildman–Crippen LogP) is 4.57. The highest BCUT2D eigenvalue weighted by atomic mass is 32.2. The Balaban J connectivity index is 1.75. The Bertz CT molecular complexity index is 1280. The number of rotatable bonds is 12. The molecule has 0 radical (unpaired) electrons. The molecule has 192 valence electrons. The lowest BCUT2D eigenvalue weighted by Crippen LogP contribution is -2.41. The third kappa shape index (κ3) is 6.95. The van der Waals surface area contributed by atoms with Gasteiger partial charge in [-0.25, -0.2) is 8.42 Å². The Morgan fingerprint density at radius 1 is 0.972 bits per heavy atom. The van der Waals surface area contributed by atoms with Gasteiger partial charge >= 0.3 is 0 Å². The molecule has 0 aliphatic carbocycles. The number of carbonyl (C=O) groups is 1. The van der Waals surface area contributed by atoms with E-state index in [9.17, 15) is 13.2 Å². The molecular formula is C27H32N2O5S2. The van der Waals surface area contributed by atoms with Crippen LogP contribution in [0, 0.1) is 13.8 Å². The molecule has 1 amide bonds. The van der Waals surface area contributed by atoms with E-state index in [1.807, 2.05) is 19.1 Å². The van der Waals surface area contributed by atoms with Crippen LogP contribution in [0.2, 0.25) is 0 Å². The van der Waals surface area contributed by atoms with Gasteiger partial charge in [-0.1, -0.05) is 42.0 Å². The van der Waals surface area contributed by atoms with Crippen LogP contribution in [0.15, 0.2) is 71.6 Å². The number of ether oxygens (including phenoxy) is 2. The molecule has 0 fully saturated rings. The molecule has 0 spiro atoms. The first-order valence-corrected chi connectivity index (χ1v) is 14.1. The smallest absolute Gasteiger partial charge is 0.264 e. The fourth-order valence-electron chi connectivity index (χ4n) is 3.53. The van der Waals surface area contributed by atoms with E-state index in [1.165, 1.54) is 37.5 Å². The van der Waals surface area contributed by atoms with Gasteiger partial charge in [0.2, 0.25) is 5.91 Å². The Kier molecular flexibility index (Phi) is 9.66. The molecule has 0 saturated heterocycles. The van der Waals surface area contributed by atoms with Crippen molar-refractivity contribution in [3.05, 3.63) is 83.4 Å². The number of methoxy groups -OCH3 is 2. The van der Waals surface area contributed by atoms with Crippen LogP contribution < -0.4 is 19.1 Å². The summed E-state index contributed by atoms with van der Waals surface area (Å²) in [5.41, 5.74) is 3.68. The summed E-state index contributed by atoms with van der Waals surface area (Å²) >= 11 is 1.71. The van der Waals surface area contributed by atoms with E-state index in [0.717, 1.165) is 15.6 Å². The maximum Gasteiger partial charge on any atom is 0.264 e. The van der Waals surface area contributed by atoms with Gasteiger partial charge < -0.3 is 14.8 Å². The summed E-state index contributed by atoms with van der Waals surface area (Å²) in [6, 6.07) is 19.5. The van der Waals surface area contributed by atoms with Crippen molar-refractivity contribution in [3.63, 3.8) is 0 Å². The second-order valence-corrected chi connectivity index (χ2v) is 11.2. The van der Waals surface area contributed by atoms with Gasteiger partial charge in [-0.15, -0.1) is 0 Å².